The van der Waals surface area contributed by atoms with E-state index in [2.05, 4.69) is 156 Å². The van der Waals surface area contributed by atoms with Crippen LogP contribution in [0.15, 0.2) is 176 Å². The van der Waals surface area contributed by atoms with E-state index in [1.54, 1.807) is 0 Å². The van der Waals surface area contributed by atoms with Gasteiger partial charge in [-0.05, 0) is 64.7 Å². The van der Waals surface area contributed by atoms with Gasteiger partial charge < -0.3 is 4.57 Å². The molecule has 0 bridgehead atoms. The molecule has 0 N–H and O–H groups in total. The van der Waals surface area contributed by atoms with Crippen molar-refractivity contribution >= 4 is 21.8 Å². The van der Waals surface area contributed by atoms with Gasteiger partial charge in [0.15, 0.2) is 0 Å². The highest BCUT2D eigenvalue weighted by Gasteiger charge is 2.34. The van der Waals surface area contributed by atoms with Gasteiger partial charge in [0.25, 0.3) is 0 Å². The minimum Gasteiger partial charge on any atom is -0.309 e. The molecule has 1 aliphatic rings. The van der Waals surface area contributed by atoms with Gasteiger partial charge in [0, 0.05) is 39.3 Å². The molecule has 6 aromatic carbocycles. The maximum atomic E-state index is 5.28. The second-order valence-electron chi connectivity index (χ2n) is 12.8. The third-order valence-corrected chi connectivity index (χ3v) is 9.93. The molecule has 10 rings (SSSR count). The molecule has 1 atom stereocenters. The van der Waals surface area contributed by atoms with Gasteiger partial charge in [0.1, 0.15) is 5.82 Å². The van der Waals surface area contributed by atoms with Gasteiger partial charge in [-0.3, -0.25) is 4.98 Å². The van der Waals surface area contributed by atoms with Gasteiger partial charge in [-0.25, -0.2) is 9.97 Å². The van der Waals surface area contributed by atoms with Gasteiger partial charge in [-0.1, -0.05) is 127 Å². The molecule has 50 heavy (non-hydrogen) atoms. The van der Waals surface area contributed by atoms with Crippen LogP contribution in [0.2, 0.25) is 0 Å². The maximum absolute atomic E-state index is 5.28. The molecule has 4 heteroatoms. The third-order valence-electron chi connectivity index (χ3n) is 9.93. The van der Waals surface area contributed by atoms with Crippen LogP contribution in [0, 0.1) is 0 Å². The number of para-hydroxylation sites is 2. The lowest BCUT2D eigenvalue weighted by atomic mass is 9.92. The Kier molecular flexibility index (Phi) is 6.53. The van der Waals surface area contributed by atoms with Crippen LogP contribution >= 0.6 is 0 Å². The first-order chi connectivity index (χ1) is 24.8. The van der Waals surface area contributed by atoms with Crippen molar-refractivity contribution in [3.63, 3.8) is 0 Å². The second-order valence-corrected chi connectivity index (χ2v) is 12.8. The Morgan fingerprint density at radius 1 is 0.440 bits per heavy atom. The molecule has 0 radical (unpaired) electrons. The molecular formula is C46H30N4. The molecule has 1 unspecified atom stereocenters. The summed E-state index contributed by atoms with van der Waals surface area (Å²) in [6, 6.07) is 60.0. The standard InChI is InChI=1S/C46H30N4/c1-4-13-30(14-5-1)40-29-41(31-15-6-2-7-16-31)49-46(48-40)44-38-20-12-26-47-45(38)37-25-23-32(27-39(37)44)33-22-24-36-35-19-10-11-21-42(35)50(43(36)28-33)34-17-8-3-9-18-34/h1-29,44H. The first-order valence-electron chi connectivity index (χ1n) is 17.0. The summed E-state index contributed by atoms with van der Waals surface area (Å²) in [6.45, 7) is 0. The fourth-order valence-electron chi connectivity index (χ4n) is 7.63. The summed E-state index contributed by atoms with van der Waals surface area (Å²) in [5.41, 5.74) is 14.2. The third kappa shape index (κ3) is 4.57. The van der Waals surface area contributed by atoms with Crippen molar-refractivity contribution in [1.29, 1.82) is 0 Å². The van der Waals surface area contributed by atoms with Crippen LogP contribution in [0.3, 0.4) is 0 Å². The van der Waals surface area contributed by atoms with E-state index < -0.39 is 0 Å². The molecule has 9 aromatic rings. The lowest BCUT2D eigenvalue weighted by Crippen LogP contribution is -2.07. The summed E-state index contributed by atoms with van der Waals surface area (Å²) >= 11 is 0. The SMILES string of the molecule is c1ccc(-c2cc(-c3ccccc3)nc(C3c4cc(-c5ccc6c7ccccc7n(-c7ccccc7)c6c5)ccc4-c4ncccc43)n2)cc1. The number of aromatic nitrogens is 4. The van der Waals surface area contributed by atoms with Crippen molar-refractivity contribution in [2.45, 2.75) is 5.92 Å². The van der Waals surface area contributed by atoms with E-state index in [4.69, 9.17) is 15.0 Å². The van der Waals surface area contributed by atoms with Crippen molar-refractivity contribution in [2.75, 3.05) is 0 Å². The van der Waals surface area contributed by atoms with Crippen LogP contribution in [0.1, 0.15) is 22.9 Å². The molecular weight excluding hydrogens is 609 g/mol. The van der Waals surface area contributed by atoms with E-state index in [9.17, 15) is 0 Å². The summed E-state index contributed by atoms with van der Waals surface area (Å²) in [4.78, 5) is 15.5. The largest absolute Gasteiger partial charge is 0.309 e. The number of fused-ring (bicyclic) bond motifs is 6. The van der Waals surface area contributed by atoms with E-state index >= 15 is 0 Å². The van der Waals surface area contributed by atoms with Crippen LogP contribution in [0.4, 0.5) is 0 Å². The van der Waals surface area contributed by atoms with Gasteiger partial charge in [-0.2, -0.15) is 0 Å². The molecule has 3 aromatic heterocycles. The Bertz CT molecular complexity index is 2640. The zero-order chi connectivity index (χ0) is 33.0. The zero-order valence-electron chi connectivity index (χ0n) is 27.1. The van der Waals surface area contributed by atoms with E-state index in [0.717, 1.165) is 62.0 Å². The number of benzene rings is 6. The van der Waals surface area contributed by atoms with Crippen molar-refractivity contribution in [2.24, 2.45) is 0 Å². The predicted octanol–water partition coefficient (Wildman–Crippen LogP) is 11.1. The highest BCUT2D eigenvalue weighted by atomic mass is 15.0. The topological polar surface area (TPSA) is 43.6 Å². The van der Waals surface area contributed by atoms with E-state index in [-0.39, 0.29) is 5.92 Å². The number of hydrogen-bond acceptors (Lipinski definition) is 3. The summed E-state index contributed by atoms with van der Waals surface area (Å²) in [5.74, 6) is 0.606. The molecule has 234 valence electrons. The van der Waals surface area contributed by atoms with Crippen LogP contribution in [0.25, 0.3) is 72.4 Å². The van der Waals surface area contributed by atoms with Crippen LogP contribution in [-0.2, 0) is 0 Å². The Hall–Kier alpha value is -6.65. The molecule has 0 spiro atoms. The van der Waals surface area contributed by atoms with Gasteiger partial charge in [0.05, 0.1) is 34.0 Å². The Morgan fingerprint density at radius 2 is 1.06 bits per heavy atom. The number of rotatable bonds is 5. The quantitative estimate of drug-likeness (QED) is 0.188. The number of pyridine rings is 1. The average molecular weight is 639 g/mol. The van der Waals surface area contributed by atoms with Gasteiger partial charge >= 0.3 is 0 Å². The van der Waals surface area contributed by atoms with Crippen LogP contribution < -0.4 is 0 Å². The zero-order valence-corrected chi connectivity index (χ0v) is 27.1. The summed E-state index contributed by atoms with van der Waals surface area (Å²) < 4.78 is 2.37. The Balaban J connectivity index is 1.17. The molecule has 4 nitrogen and oxygen atoms in total. The molecule has 1 aliphatic carbocycles. The molecule has 3 heterocycles. The molecule has 0 saturated heterocycles. The Morgan fingerprint density at radius 3 is 1.80 bits per heavy atom. The second kappa shape index (κ2) is 11.5. The van der Waals surface area contributed by atoms with E-state index in [1.165, 1.54) is 27.4 Å². The number of nitrogens with zero attached hydrogens (tertiary/aromatic N) is 4. The lowest BCUT2D eigenvalue weighted by molar-refractivity contribution is 0.877. The van der Waals surface area contributed by atoms with Crippen molar-refractivity contribution in [3.05, 3.63) is 193 Å². The monoisotopic (exact) mass is 638 g/mol. The van der Waals surface area contributed by atoms with Crippen LogP contribution in [0.5, 0.6) is 0 Å². The minimum atomic E-state index is -0.167. The molecule has 0 saturated carbocycles. The fraction of sp³-hybridized carbons (Fsp3) is 0.0217. The normalized spacial score (nSPS) is 13.4. The van der Waals surface area contributed by atoms with Crippen molar-refractivity contribution < 1.29 is 0 Å². The first-order valence-corrected chi connectivity index (χ1v) is 17.0. The van der Waals surface area contributed by atoms with Crippen LogP contribution in [-0.4, -0.2) is 19.5 Å². The molecule has 0 amide bonds. The van der Waals surface area contributed by atoms with E-state index in [0.29, 0.717) is 0 Å². The highest BCUT2D eigenvalue weighted by Crippen LogP contribution is 2.48. The van der Waals surface area contributed by atoms with Gasteiger partial charge in [-0.15, -0.1) is 0 Å². The molecule has 0 aliphatic heterocycles. The van der Waals surface area contributed by atoms with Crippen molar-refractivity contribution in [3.8, 4) is 50.6 Å². The highest BCUT2D eigenvalue weighted by molar-refractivity contribution is 6.10. The average Bonchev–Trinajstić information content (AvgIpc) is 3.71. The summed E-state index contributed by atoms with van der Waals surface area (Å²) in [5, 5.41) is 2.49. The maximum Gasteiger partial charge on any atom is 0.141 e. The molecule has 0 fully saturated rings. The summed E-state index contributed by atoms with van der Waals surface area (Å²) in [6.07, 6.45) is 1.88. The first kappa shape index (κ1) is 28.4. The van der Waals surface area contributed by atoms with Gasteiger partial charge in [0.2, 0.25) is 0 Å². The summed E-state index contributed by atoms with van der Waals surface area (Å²) in [7, 11) is 0. The van der Waals surface area contributed by atoms with E-state index in [1.807, 2.05) is 24.4 Å². The lowest BCUT2D eigenvalue weighted by Gasteiger charge is -2.16. The Labute approximate surface area is 290 Å². The van der Waals surface area contributed by atoms with Crippen molar-refractivity contribution in [1.82, 2.24) is 19.5 Å². The minimum absolute atomic E-state index is 0.167. The fourth-order valence-corrected chi connectivity index (χ4v) is 7.63. The smallest absolute Gasteiger partial charge is 0.141 e. The predicted molar refractivity (Wildman–Crippen MR) is 203 cm³/mol. The number of hydrogen-bond donors (Lipinski definition) is 0.